The molecular formula is C11H6ClF2NO. The number of hydrogen-bond donors (Lipinski definition) is 0. The van der Waals surface area contributed by atoms with Crippen molar-refractivity contribution in [2.24, 2.45) is 0 Å². The van der Waals surface area contributed by atoms with Crippen LogP contribution >= 0.6 is 11.6 Å². The maximum Gasteiger partial charge on any atom is 0.220 e. The van der Waals surface area contributed by atoms with E-state index in [0.717, 1.165) is 6.07 Å². The highest BCUT2D eigenvalue weighted by atomic mass is 35.5. The summed E-state index contributed by atoms with van der Waals surface area (Å²) in [5.41, 5.74) is 0. The van der Waals surface area contributed by atoms with Crippen LogP contribution in [0.2, 0.25) is 5.15 Å². The summed E-state index contributed by atoms with van der Waals surface area (Å²) in [6, 6.07) is 8.31. The highest BCUT2D eigenvalue weighted by Crippen LogP contribution is 2.25. The maximum atomic E-state index is 13.2. The molecule has 0 aliphatic rings. The van der Waals surface area contributed by atoms with Gasteiger partial charge < -0.3 is 4.74 Å². The van der Waals surface area contributed by atoms with Gasteiger partial charge in [-0.3, -0.25) is 0 Å². The molecule has 0 aliphatic heterocycles. The summed E-state index contributed by atoms with van der Waals surface area (Å²) in [7, 11) is 0. The number of rotatable bonds is 2. The van der Waals surface area contributed by atoms with E-state index >= 15 is 0 Å². The first-order valence-electron chi connectivity index (χ1n) is 4.41. The highest BCUT2D eigenvalue weighted by molar-refractivity contribution is 6.29. The molecule has 1 aromatic carbocycles. The van der Waals surface area contributed by atoms with Crippen LogP contribution in [0.1, 0.15) is 0 Å². The minimum absolute atomic E-state index is 0.108. The number of nitrogens with zero attached hydrogens (tertiary/aromatic N) is 1. The Hall–Kier alpha value is -1.68. The van der Waals surface area contributed by atoms with E-state index in [4.69, 9.17) is 16.3 Å². The molecule has 1 heterocycles. The Balaban J connectivity index is 2.31. The number of halogens is 3. The zero-order chi connectivity index (χ0) is 11.5. The lowest BCUT2D eigenvalue weighted by Gasteiger charge is -2.05. The van der Waals surface area contributed by atoms with E-state index in [2.05, 4.69) is 4.98 Å². The van der Waals surface area contributed by atoms with Gasteiger partial charge in [-0.25, -0.2) is 9.37 Å². The predicted molar refractivity (Wildman–Crippen MR) is 55.7 cm³/mol. The van der Waals surface area contributed by atoms with Crippen LogP contribution in [0.5, 0.6) is 11.6 Å². The summed E-state index contributed by atoms with van der Waals surface area (Å²) in [5.74, 6) is -2.14. The normalized spacial score (nSPS) is 10.2. The number of ether oxygens (including phenoxy) is 1. The molecule has 2 aromatic rings. The molecule has 0 unspecified atom stereocenters. The van der Waals surface area contributed by atoms with Gasteiger partial charge in [0.05, 0.1) is 0 Å². The Morgan fingerprint density at radius 1 is 1.06 bits per heavy atom. The predicted octanol–water partition coefficient (Wildman–Crippen LogP) is 3.81. The summed E-state index contributed by atoms with van der Waals surface area (Å²) in [4.78, 5) is 3.79. The topological polar surface area (TPSA) is 22.1 Å². The largest absolute Gasteiger partial charge is 0.436 e. The van der Waals surface area contributed by atoms with Gasteiger partial charge in [-0.15, -0.1) is 0 Å². The van der Waals surface area contributed by atoms with Crippen LogP contribution in [-0.2, 0) is 0 Å². The molecule has 0 spiro atoms. The Kier molecular flexibility index (Phi) is 3.01. The molecule has 0 bridgehead atoms. The fourth-order valence-electron chi connectivity index (χ4n) is 1.12. The summed E-state index contributed by atoms with van der Waals surface area (Å²) in [6.07, 6.45) is 0. The van der Waals surface area contributed by atoms with Gasteiger partial charge in [0.2, 0.25) is 11.7 Å². The van der Waals surface area contributed by atoms with Crippen LogP contribution in [0.25, 0.3) is 0 Å². The lowest BCUT2D eigenvalue weighted by molar-refractivity contribution is 0.405. The molecule has 0 N–H and O–H groups in total. The number of hydrogen-bond acceptors (Lipinski definition) is 2. The van der Waals surface area contributed by atoms with Crippen LogP contribution < -0.4 is 4.74 Å². The standard InChI is InChI=1S/C11H6ClF2NO/c12-9-5-2-6-10(15-9)16-8-4-1-3-7(13)11(8)14/h1-6H. The van der Waals surface area contributed by atoms with Crippen LogP contribution in [0.15, 0.2) is 36.4 Å². The van der Waals surface area contributed by atoms with Gasteiger partial charge in [-0.2, -0.15) is 4.39 Å². The Morgan fingerprint density at radius 2 is 1.81 bits per heavy atom. The molecule has 0 aliphatic carbocycles. The van der Waals surface area contributed by atoms with E-state index in [-0.39, 0.29) is 16.8 Å². The SMILES string of the molecule is Fc1cccc(Oc2cccc(Cl)n2)c1F. The average Bonchev–Trinajstić information content (AvgIpc) is 2.25. The summed E-state index contributed by atoms with van der Waals surface area (Å²) < 4.78 is 31.1. The third kappa shape index (κ3) is 2.28. The summed E-state index contributed by atoms with van der Waals surface area (Å²) in [5, 5.41) is 0.217. The van der Waals surface area contributed by atoms with E-state index in [9.17, 15) is 8.78 Å². The van der Waals surface area contributed by atoms with E-state index in [0.29, 0.717) is 0 Å². The average molecular weight is 242 g/mol. The lowest BCUT2D eigenvalue weighted by atomic mass is 10.3. The highest BCUT2D eigenvalue weighted by Gasteiger charge is 2.10. The first-order chi connectivity index (χ1) is 7.66. The van der Waals surface area contributed by atoms with Gasteiger partial charge in [0.25, 0.3) is 0 Å². The van der Waals surface area contributed by atoms with Gasteiger partial charge >= 0.3 is 0 Å². The molecule has 2 rings (SSSR count). The van der Waals surface area contributed by atoms with E-state index in [1.807, 2.05) is 0 Å². The molecule has 0 atom stereocenters. The first kappa shape index (κ1) is 10.8. The van der Waals surface area contributed by atoms with Gasteiger partial charge in [0.15, 0.2) is 11.6 Å². The van der Waals surface area contributed by atoms with Gasteiger partial charge in [0, 0.05) is 6.07 Å². The van der Waals surface area contributed by atoms with Crippen LogP contribution in [0.3, 0.4) is 0 Å². The van der Waals surface area contributed by atoms with Gasteiger partial charge in [-0.05, 0) is 18.2 Å². The second kappa shape index (κ2) is 4.45. The molecule has 0 saturated carbocycles. The molecule has 0 amide bonds. The molecule has 0 fully saturated rings. The Bertz CT molecular complexity index is 519. The molecule has 16 heavy (non-hydrogen) atoms. The monoisotopic (exact) mass is 241 g/mol. The fourth-order valence-corrected chi connectivity index (χ4v) is 1.28. The smallest absolute Gasteiger partial charge is 0.220 e. The van der Waals surface area contributed by atoms with Crippen molar-refractivity contribution in [1.82, 2.24) is 4.98 Å². The zero-order valence-electron chi connectivity index (χ0n) is 7.95. The van der Waals surface area contributed by atoms with Crippen molar-refractivity contribution in [3.05, 3.63) is 53.2 Å². The quantitative estimate of drug-likeness (QED) is 0.746. The second-order valence-electron chi connectivity index (χ2n) is 2.95. The van der Waals surface area contributed by atoms with E-state index in [1.54, 1.807) is 12.1 Å². The summed E-state index contributed by atoms with van der Waals surface area (Å²) in [6.45, 7) is 0. The molecular weight excluding hydrogens is 236 g/mol. The molecule has 82 valence electrons. The maximum absolute atomic E-state index is 13.2. The Morgan fingerprint density at radius 3 is 2.56 bits per heavy atom. The summed E-state index contributed by atoms with van der Waals surface area (Å²) >= 11 is 5.62. The van der Waals surface area contributed by atoms with Crippen molar-refractivity contribution in [2.75, 3.05) is 0 Å². The lowest BCUT2D eigenvalue weighted by Crippen LogP contribution is -1.93. The van der Waals surface area contributed by atoms with Crippen molar-refractivity contribution in [1.29, 1.82) is 0 Å². The van der Waals surface area contributed by atoms with E-state index < -0.39 is 11.6 Å². The Labute approximate surface area is 95.5 Å². The fraction of sp³-hybridized carbons (Fsp3) is 0. The van der Waals surface area contributed by atoms with E-state index in [1.165, 1.54) is 18.2 Å². The number of pyridine rings is 1. The van der Waals surface area contributed by atoms with Crippen molar-refractivity contribution in [3.63, 3.8) is 0 Å². The van der Waals surface area contributed by atoms with Crippen molar-refractivity contribution in [3.8, 4) is 11.6 Å². The molecule has 0 saturated heterocycles. The van der Waals surface area contributed by atoms with Crippen LogP contribution in [0.4, 0.5) is 8.78 Å². The number of benzene rings is 1. The molecule has 5 heteroatoms. The van der Waals surface area contributed by atoms with Gasteiger partial charge in [-0.1, -0.05) is 23.7 Å². The second-order valence-corrected chi connectivity index (χ2v) is 3.34. The van der Waals surface area contributed by atoms with Crippen LogP contribution in [-0.4, -0.2) is 4.98 Å². The zero-order valence-corrected chi connectivity index (χ0v) is 8.71. The minimum Gasteiger partial charge on any atom is -0.436 e. The minimum atomic E-state index is -1.05. The van der Waals surface area contributed by atoms with Crippen molar-refractivity contribution >= 4 is 11.6 Å². The van der Waals surface area contributed by atoms with Gasteiger partial charge in [0.1, 0.15) is 5.15 Å². The molecule has 0 radical (unpaired) electrons. The third-order valence-corrected chi connectivity index (χ3v) is 2.03. The van der Waals surface area contributed by atoms with Crippen molar-refractivity contribution in [2.45, 2.75) is 0 Å². The van der Waals surface area contributed by atoms with Crippen LogP contribution in [0, 0.1) is 11.6 Å². The third-order valence-electron chi connectivity index (χ3n) is 1.82. The van der Waals surface area contributed by atoms with Crippen molar-refractivity contribution < 1.29 is 13.5 Å². The molecule has 1 aromatic heterocycles. The molecule has 2 nitrogen and oxygen atoms in total. The number of aromatic nitrogens is 1. The first-order valence-corrected chi connectivity index (χ1v) is 4.79.